The molecule has 0 bridgehead atoms. The van der Waals surface area contributed by atoms with Crippen molar-refractivity contribution in [1.82, 2.24) is 5.32 Å². The Bertz CT molecular complexity index is 553. The van der Waals surface area contributed by atoms with Gasteiger partial charge in [0, 0.05) is 0 Å². The van der Waals surface area contributed by atoms with Crippen molar-refractivity contribution >= 4 is 17.8 Å². The number of esters is 1. The summed E-state index contributed by atoms with van der Waals surface area (Å²) in [6.45, 7) is 3.91. The SMILES string of the molecule is COC(=O)C[C@H](NC(=O)Cc1ccc(C)c(C)c1)C(=O)O. The fraction of sp³-hybridized carbons (Fsp3) is 0.400. The van der Waals surface area contributed by atoms with E-state index in [9.17, 15) is 14.4 Å². The molecule has 0 heterocycles. The number of carboxylic acid groups (broad SMARTS) is 1. The molecule has 0 unspecified atom stereocenters. The minimum absolute atomic E-state index is 0.0616. The summed E-state index contributed by atoms with van der Waals surface area (Å²) >= 11 is 0. The molecule has 1 aromatic rings. The minimum atomic E-state index is -1.28. The van der Waals surface area contributed by atoms with Crippen LogP contribution < -0.4 is 5.32 Å². The van der Waals surface area contributed by atoms with Gasteiger partial charge in [-0.15, -0.1) is 0 Å². The third-order valence-electron chi connectivity index (χ3n) is 3.17. The van der Waals surface area contributed by atoms with E-state index in [0.717, 1.165) is 23.8 Å². The summed E-state index contributed by atoms with van der Waals surface area (Å²) in [5, 5.41) is 11.3. The zero-order valence-electron chi connectivity index (χ0n) is 12.3. The van der Waals surface area contributed by atoms with Crippen molar-refractivity contribution in [2.75, 3.05) is 7.11 Å². The molecule has 6 heteroatoms. The van der Waals surface area contributed by atoms with Crippen molar-refractivity contribution < 1.29 is 24.2 Å². The largest absolute Gasteiger partial charge is 0.480 e. The molecule has 2 N–H and O–H groups in total. The predicted octanol–water partition coefficient (Wildman–Crippen LogP) is 0.978. The lowest BCUT2D eigenvalue weighted by atomic mass is 10.0. The molecule has 0 fully saturated rings. The number of carbonyl (C=O) groups excluding carboxylic acids is 2. The van der Waals surface area contributed by atoms with E-state index in [1.807, 2.05) is 32.0 Å². The van der Waals surface area contributed by atoms with Gasteiger partial charge in [-0.1, -0.05) is 18.2 Å². The van der Waals surface area contributed by atoms with Crippen LogP contribution in [0.4, 0.5) is 0 Å². The molecular weight excluding hydrogens is 274 g/mol. The number of carbonyl (C=O) groups is 3. The van der Waals surface area contributed by atoms with E-state index < -0.39 is 30.3 Å². The van der Waals surface area contributed by atoms with E-state index >= 15 is 0 Å². The Labute approximate surface area is 123 Å². The maximum atomic E-state index is 11.9. The first-order valence-electron chi connectivity index (χ1n) is 6.48. The normalized spacial score (nSPS) is 11.6. The Morgan fingerprint density at radius 1 is 1.24 bits per heavy atom. The van der Waals surface area contributed by atoms with Crippen molar-refractivity contribution in [1.29, 1.82) is 0 Å². The molecule has 6 nitrogen and oxygen atoms in total. The molecule has 1 atom stereocenters. The highest BCUT2D eigenvalue weighted by Gasteiger charge is 2.23. The van der Waals surface area contributed by atoms with Crippen molar-refractivity contribution in [3.05, 3.63) is 34.9 Å². The molecule has 114 valence electrons. The quantitative estimate of drug-likeness (QED) is 0.763. The minimum Gasteiger partial charge on any atom is -0.480 e. The van der Waals surface area contributed by atoms with Gasteiger partial charge >= 0.3 is 11.9 Å². The van der Waals surface area contributed by atoms with Crippen LogP contribution in [0.3, 0.4) is 0 Å². The van der Waals surface area contributed by atoms with E-state index in [4.69, 9.17) is 5.11 Å². The molecule has 0 saturated carbocycles. The van der Waals surface area contributed by atoms with E-state index in [0.29, 0.717) is 0 Å². The van der Waals surface area contributed by atoms with Gasteiger partial charge in [0.05, 0.1) is 20.0 Å². The van der Waals surface area contributed by atoms with Gasteiger partial charge in [0.2, 0.25) is 5.91 Å². The van der Waals surface area contributed by atoms with Crippen LogP contribution in [0.25, 0.3) is 0 Å². The van der Waals surface area contributed by atoms with E-state index in [1.54, 1.807) is 0 Å². The molecule has 0 aliphatic heterocycles. The average Bonchev–Trinajstić information content (AvgIpc) is 2.41. The summed E-state index contributed by atoms with van der Waals surface area (Å²) in [7, 11) is 1.16. The number of aliphatic carboxylic acids is 1. The van der Waals surface area contributed by atoms with Crippen LogP contribution in [0.2, 0.25) is 0 Å². The summed E-state index contributed by atoms with van der Waals surface area (Å²) in [6.07, 6.45) is -0.337. The standard InChI is InChI=1S/C15H19NO5/c1-9-4-5-11(6-10(9)2)7-13(17)16-12(15(19)20)8-14(18)21-3/h4-6,12H,7-8H2,1-3H3,(H,16,17)(H,19,20)/t12-/m0/s1. The Morgan fingerprint density at radius 3 is 2.43 bits per heavy atom. The highest BCUT2D eigenvalue weighted by Crippen LogP contribution is 2.10. The van der Waals surface area contributed by atoms with E-state index in [-0.39, 0.29) is 6.42 Å². The Kier molecular flexibility index (Phi) is 5.90. The van der Waals surface area contributed by atoms with Crippen LogP contribution in [-0.2, 0) is 25.5 Å². The summed E-state index contributed by atoms with van der Waals surface area (Å²) in [4.78, 5) is 34.0. The number of amides is 1. The summed E-state index contributed by atoms with van der Waals surface area (Å²) in [5.41, 5.74) is 2.97. The first kappa shape index (κ1) is 16.7. The maximum absolute atomic E-state index is 11.9. The molecule has 0 aliphatic carbocycles. The third-order valence-corrected chi connectivity index (χ3v) is 3.17. The van der Waals surface area contributed by atoms with Crippen molar-refractivity contribution in [3.8, 4) is 0 Å². The molecule has 1 rings (SSSR count). The number of nitrogens with one attached hydrogen (secondary N) is 1. The lowest BCUT2D eigenvalue weighted by molar-refractivity contribution is -0.148. The summed E-state index contributed by atoms with van der Waals surface area (Å²) in [5.74, 6) is -2.41. The summed E-state index contributed by atoms with van der Waals surface area (Å²) < 4.78 is 4.41. The lowest BCUT2D eigenvalue weighted by Crippen LogP contribution is -2.43. The molecule has 0 aromatic heterocycles. The Hall–Kier alpha value is -2.37. The lowest BCUT2D eigenvalue weighted by Gasteiger charge is -2.13. The van der Waals surface area contributed by atoms with Gasteiger partial charge in [-0.2, -0.15) is 0 Å². The molecule has 1 amide bonds. The second kappa shape index (κ2) is 7.42. The Morgan fingerprint density at radius 2 is 1.90 bits per heavy atom. The van der Waals surface area contributed by atoms with E-state index in [1.165, 1.54) is 0 Å². The summed E-state index contributed by atoms with van der Waals surface area (Å²) in [6, 6.07) is 4.32. The van der Waals surface area contributed by atoms with Gasteiger partial charge in [0.25, 0.3) is 0 Å². The highest BCUT2D eigenvalue weighted by molar-refractivity contribution is 5.88. The monoisotopic (exact) mass is 293 g/mol. The van der Waals surface area contributed by atoms with Crippen LogP contribution in [0, 0.1) is 13.8 Å². The second-order valence-electron chi connectivity index (χ2n) is 4.83. The van der Waals surface area contributed by atoms with E-state index in [2.05, 4.69) is 10.1 Å². The van der Waals surface area contributed by atoms with Gasteiger partial charge < -0.3 is 15.2 Å². The van der Waals surface area contributed by atoms with Gasteiger partial charge in [-0.3, -0.25) is 9.59 Å². The molecule has 0 radical (unpaired) electrons. The number of rotatable bonds is 6. The van der Waals surface area contributed by atoms with Gasteiger partial charge in [-0.25, -0.2) is 4.79 Å². The zero-order chi connectivity index (χ0) is 16.0. The zero-order valence-corrected chi connectivity index (χ0v) is 12.3. The third kappa shape index (κ3) is 5.25. The van der Waals surface area contributed by atoms with Crippen molar-refractivity contribution in [2.45, 2.75) is 32.7 Å². The number of hydrogen-bond donors (Lipinski definition) is 2. The van der Waals surface area contributed by atoms with Gasteiger partial charge in [-0.05, 0) is 30.5 Å². The number of benzene rings is 1. The fourth-order valence-electron chi connectivity index (χ4n) is 1.79. The Balaban J connectivity index is 2.67. The second-order valence-corrected chi connectivity index (χ2v) is 4.83. The highest BCUT2D eigenvalue weighted by atomic mass is 16.5. The molecule has 0 saturated heterocycles. The number of carboxylic acids is 1. The van der Waals surface area contributed by atoms with Crippen LogP contribution in [0.5, 0.6) is 0 Å². The average molecular weight is 293 g/mol. The van der Waals surface area contributed by atoms with Gasteiger partial charge in [0.1, 0.15) is 6.04 Å². The fourth-order valence-corrected chi connectivity index (χ4v) is 1.79. The number of ether oxygens (including phenoxy) is 1. The molecular formula is C15H19NO5. The topological polar surface area (TPSA) is 92.7 Å². The maximum Gasteiger partial charge on any atom is 0.326 e. The van der Waals surface area contributed by atoms with Gasteiger partial charge in [0.15, 0.2) is 0 Å². The number of aryl methyl sites for hydroxylation is 2. The predicted molar refractivity (Wildman–Crippen MR) is 75.8 cm³/mol. The van der Waals surface area contributed by atoms with Crippen LogP contribution >= 0.6 is 0 Å². The van der Waals surface area contributed by atoms with Crippen LogP contribution in [0.1, 0.15) is 23.1 Å². The molecule has 0 aliphatic rings. The van der Waals surface area contributed by atoms with Crippen molar-refractivity contribution in [2.24, 2.45) is 0 Å². The van der Waals surface area contributed by atoms with Crippen LogP contribution in [-0.4, -0.2) is 36.1 Å². The van der Waals surface area contributed by atoms with Crippen LogP contribution in [0.15, 0.2) is 18.2 Å². The molecule has 1 aromatic carbocycles. The smallest absolute Gasteiger partial charge is 0.326 e. The van der Waals surface area contributed by atoms with Crippen molar-refractivity contribution in [3.63, 3.8) is 0 Å². The number of hydrogen-bond acceptors (Lipinski definition) is 4. The number of methoxy groups -OCH3 is 1. The molecule has 0 spiro atoms. The first-order chi connectivity index (χ1) is 9.83. The first-order valence-corrected chi connectivity index (χ1v) is 6.48. The molecule has 21 heavy (non-hydrogen) atoms.